The first-order valence-corrected chi connectivity index (χ1v) is 11.7. The summed E-state index contributed by atoms with van der Waals surface area (Å²) in [5, 5.41) is 0. The summed E-state index contributed by atoms with van der Waals surface area (Å²) in [6.45, 7) is 3.65. The molecule has 3 aliphatic carbocycles. The molecule has 5 atom stereocenters. The molecule has 186 valence electrons. The maximum atomic E-state index is 13.9. The molecular weight excluding hydrogens is 458 g/mol. The molecule has 0 bridgehead atoms. The van der Waals surface area contributed by atoms with Crippen LogP contribution < -0.4 is 5.73 Å². The van der Waals surface area contributed by atoms with Gasteiger partial charge in [0.25, 0.3) is 0 Å². The van der Waals surface area contributed by atoms with E-state index in [0.29, 0.717) is 29.6 Å². The summed E-state index contributed by atoms with van der Waals surface area (Å²) in [6.07, 6.45) is -0.00985. The summed E-state index contributed by atoms with van der Waals surface area (Å²) in [6, 6.07) is 0. The number of primary amides is 1. The Hall–Kier alpha value is -3.27. The van der Waals surface area contributed by atoms with E-state index in [4.69, 9.17) is 24.4 Å². The molecule has 2 heterocycles. The number of amides is 1. The van der Waals surface area contributed by atoms with Crippen LogP contribution in [0.15, 0.2) is 21.8 Å². The van der Waals surface area contributed by atoms with Crippen molar-refractivity contribution in [2.45, 2.75) is 63.6 Å². The van der Waals surface area contributed by atoms with Crippen molar-refractivity contribution in [2.75, 3.05) is 13.7 Å². The first-order valence-electron chi connectivity index (χ1n) is 11.7. The molecule has 0 spiro atoms. The van der Waals surface area contributed by atoms with Crippen LogP contribution in [-0.2, 0) is 34.0 Å². The lowest BCUT2D eigenvalue weighted by Gasteiger charge is -2.51. The molecule has 5 rings (SSSR count). The van der Waals surface area contributed by atoms with E-state index in [9.17, 15) is 24.0 Å². The van der Waals surface area contributed by atoms with Gasteiger partial charge in [-0.1, -0.05) is 6.92 Å². The number of nitrogens with two attached hydrogens (primary N) is 1. The topological polar surface area (TPSA) is 152 Å². The second kappa shape index (κ2) is 7.87. The van der Waals surface area contributed by atoms with Gasteiger partial charge in [0, 0.05) is 48.8 Å². The lowest BCUT2D eigenvalue weighted by molar-refractivity contribution is -0.152. The molecule has 35 heavy (non-hydrogen) atoms. The average Bonchev–Trinajstić information content (AvgIpc) is 3.37. The number of hydrogen-bond acceptors (Lipinski definition) is 9. The minimum absolute atomic E-state index is 0.000340. The summed E-state index contributed by atoms with van der Waals surface area (Å²) in [4.78, 5) is 63.5. The molecule has 0 unspecified atom stereocenters. The van der Waals surface area contributed by atoms with Crippen LogP contribution in [0.25, 0.3) is 0 Å². The monoisotopic (exact) mass is 485 g/mol. The molecule has 1 fully saturated rings. The number of carbonyl (C=O) groups excluding carboxylic acids is 5. The predicted octanol–water partition coefficient (Wildman–Crippen LogP) is 1.78. The van der Waals surface area contributed by atoms with Crippen molar-refractivity contribution in [3.63, 3.8) is 0 Å². The highest BCUT2D eigenvalue weighted by atomic mass is 16.6. The SMILES string of the molecule is COC[C@H]1OC(=O)c2coc3c2[C@@]1(C)C1=C(C3=O)[C@@H]2CCC(=O)[C@@]2(C)C[C@H]1OC(=O)CCC(N)=O. The fourth-order valence-electron chi connectivity index (χ4n) is 6.52. The molecule has 0 radical (unpaired) electrons. The Labute approximate surface area is 201 Å². The van der Waals surface area contributed by atoms with E-state index >= 15 is 0 Å². The first-order chi connectivity index (χ1) is 16.5. The summed E-state index contributed by atoms with van der Waals surface area (Å²) < 4.78 is 22.6. The van der Waals surface area contributed by atoms with E-state index in [-0.39, 0.29) is 43.0 Å². The van der Waals surface area contributed by atoms with Gasteiger partial charge in [0.15, 0.2) is 5.76 Å². The lowest BCUT2D eigenvalue weighted by Crippen LogP contribution is -2.57. The smallest absolute Gasteiger partial charge is 0.342 e. The van der Waals surface area contributed by atoms with Crippen LogP contribution >= 0.6 is 0 Å². The molecule has 0 aromatic carbocycles. The third kappa shape index (κ3) is 3.15. The fourth-order valence-corrected chi connectivity index (χ4v) is 6.52. The number of cyclic esters (lactones) is 1. The number of furan rings is 1. The zero-order valence-corrected chi connectivity index (χ0v) is 19.8. The van der Waals surface area contributed by atoms with Gasteiger partial charge in [0.2, 0.25) is 11.7 Å². The summed E-state index contributed by atoms with van der Waals surface area (Å²) in [5.74, 6) is -2.70. The maximum absolute atomic E-state index is 13.9. The normalized spacial score (nSPS) is 33.1. The van der Waals surface area contributed by atoms with E-state index in [0.717, 1.165) is 0 Å². The van der Waals surface area contributed by atoms with Crippen LogP contribution in [0.5, 0.6) is 0 Å². The Morgan fingerprint density at radius 3 is 2.63 bits per heavy atom. The van der Waals surface area contributed by atoms with Gasteiger partial charge in [-0.3, -0.25) is 19.2 Å². The van der Waals surface area contributed by atoms with Gasteiger partial charge in [-0.2, -0.15) is 0 Å². The predicted molar refractivity (Wildman–Crippen MR) is 117 cm³/mol. The van der Waals surface area contributed by atoms with Crippen LogP contribution in [0.2, 0.25) is 0 Å². The van der Waals surface area contributed by atoms with Gasteiger partial charge in [-0.05, 0) is 18.9 Å². The zero-order chi connectivity index (χ0) is 25.3. The van der Waals surface area contributed by atoms with Crippen molar-refractivity contribution >= 4 is 29.4 Å². The molecule has 1 amide bonds. The van der Waals surface area contributed by atoms with Crippen molar-refractivity contribution in [3.05, 3.63) is 34.3 Å². The third-order valence-electron chi connectivity index (χ3n) is 8.24. The largest absolute Gasteiger partial charge is 0.460 e. The summed E-state index contributed by atoms with van der Waals surface area (Å²) in [5.41, 5.74) is 4.61. The number of esters is 2. The van der Waals surface area contributed by atoms with Crippen LogP contribution in [0.1, 0.15) is 72.4 Å². The molecule has 10 heteroatoms. The number of allylic oxidation sites excluding steroid dienone is 1. The molecule has 1 aromatic rings. The van der Waals surface area contributed by atoms with Crippen LogP contribution in [0.4, 0.5) is 0 Å². The number of ketones is 2. The molecule has 1 aliphatic heterocycles. The second-order valence-corrected chi connectivity index (χ2v) is 10.1. The number of rotatable bonds is 6. The highest BCUT2D eigenvalue weighted by molar-refractivity contribution is 6.14. The highest BCUT2D eigenvalue weighted by Gasteiger charge is 2.64. The number of ether oxygens (including phenoxy) is 3. The van der Waals surface area contributed by atoms with Crippen LogP contribution in [-0.4, -0.2) is 55.3 Å². The van der Waals surface area contributed by atoms with E-state index in [1.54, 1.807) is 6.92 Å². The maximum Gasteiger partial charge on any atom is 0.342 e. The van der Waals surface area contributed by atoms with Crippen molar-refractivity contribution in [1.82, 2.24) is 0 Å². The molecule has 0 saturated heterocycles. The second-order valence-electron chi connectivity index (χ2n) is 10.1. The minimum atomic E-state index is -1.09. The molecule has 1 saturated carbocycles. The number of carbonyl (C=O) groups is 5. The Kier molecular flexibility index (Phi) is 5.28. The summed E-state index contributed by atoms with van der Waals surface area (Å²) >= 11 is 0. The van der Waals surface area contributed by atoms with Gasteiger partial charge in [-0.15, -0.1) is 0 Å². The zero-order valence-electron chi connectivity index (χ0n) is 19.8. The Morgan fingerprint density at radius 2 is 1.94 bits per heavy atom. The molecule has 10 nitrogen and oxygen atoms in total. The Morgan fingerprint density at radius 1 is 1.20 bits per heavy atom. The van der Waals surface area contributed by atoms with E-state index in [1.807, 2.05) is 6.92 Å². The number of methoxy groups -OCH3 is 1. The van der Waals surface area contributed by atoms with Crippen LogP contribution in [0.3, 0.4) is 0 Å². The number of fused-ring (bicyclic) bond motifs is 3. The van der Waals surface area contributed by atoms with Crippen molar-refractivity contribution in [3.8, 4) is 0 Å². The fraction of sp³-hybridized carbons (Fsp3) is 0.560. The third-order valence-corrected chi connectivity index (χ3v) is 8.24. The molecule has 2 N–H and O–H groups in total. The molecule has 4 aliphatic rings. The molecular formula is C25H27NO9. The van der Waals surface area contributed by atoms with Crippen molar-refractivity contribution in [2.24, 2.45) is 17.1 Å². The minimum Gasteiger partial charge on any atom is -0.460 e. The van der Waals surface area contributed by atoms with Crippen molar-refractivity contribution in [1.29, 1.82) is 0 Å². The van der Waals surface area contributed by atoms with Gasteiger partial charge in [-0.25, -0.2) is 4.79 Å². The van der Waals surface area contributed by atoms with Gasteiger partial charge >= 0.3 is 11.9 Å². The number of Topliss-reactive ketones (excluding diaryl/α,β-unsaturated/α-hetero) is 2. The highest BCUT2D eigenvalue weighted by Crippen LogP contribution is 2.61. The van der Waals surface area contributed by atoms with E-state index in [2.05, 4.69) is 0 Å². The van der Waals surface area contributed by atoms with Gasteiger partial charge in [0.05, 0.1) is 18.4 Å². The molecule has 1 aromatic heterocycles. The lowest BCUT2D eigenvalue weighted by atomic mass is 9.54. The van der Waals surface area contributed by atoms with Gasteiger partial charge in [0.1, 0.15) is 29.8 Å². The van der Waals surface area contributed by atoms with E-state index < -0.39 is 52.6 Å². The van der Waals surface area contributed by atoms with Crippen LogP contribution in [0, 0.1) is 11.3 Å². The van der Waals surface area contributed by atoms with E-state index in [1.165, 1.54) is 13.4 Å². The standard InChI is InChI=1S/C25H27NO9/c1-24-8-13(34-17(29)7-6-16(26)28)20-18(12(24)4-5-14(24)27)21(30)22-19-11(9-33-22)23(31)35-15(10-32-3)25(19,20)2/h9,12-13,15H,4-8,10H2,1-3H3,(H2,26,28)/t12-,13+,15+,24-,25-/m0/s1. The Bertz CT molecular complexity index is 1210. The van der Waals surface area contributed by atoms with Crippen molar-refractivity contribution < 1.29 is 42.6 Å². The van der Waals surface area contributed by atoms with Gasteiger partial charge < -0.3 is 24.4 Å². The Balaban J connectivity index is 1.71. The average molecular weight is 485 g/mol. The quantitative estimate of drug-likeness (QED) is 0.594. The first kappa shape index (κ1) is 23.5. The number of hydrogen-bond donors (Lipinski definition) is 1. The summed E-state index contributed by atoms with van der Waals surface area (Å²) in [7, 11) is 1.47.